The lowest BCUT2D eigenvalue weighted by Crippen LogP contribution is -2.52. The predicted molar refractivity (Wildman–Crippen MR) is 179 cm³/mol. The Balaban J connectivity index is 1.80. The van der Waals surface area contributed by atoms with Gasteiger partial charge in [0.15, 0.2) is 11.5 Å². The van der Waals surface area contributed by atoms with Crippen molar-refractivity contribution in [3.05, 3.63) is 75.2 Å². The number of anilines is 1. The van der Waals surface area contributed by atoms with Crippen LogP contribution in [0.25, 0.3) is 0 Å². The lowest BCUT2D eigenvalue weighted by molar-refractivity contribution is -0.139. The number of hydrogen-bond acceptors (Lipinski definition) is 7. The molecule has 1 aliphatic carbocycles. The first-order valence-electron chi connectivity index (χ1n) is 14.5. The van der Waals surface area contributed by atoms with Crippen LogP contribution in [-0.4, -0.2) is 65.1 Å². The fourth-order valence-electron chi connectivity index (χ4n) is 5.30. The third-order valence-corrected chi connectivity index (χ3v) is 10.6. The zero-order chi connectivity index (χ0) is 33.6. The molecule has 2 amide bonds. The molecule has 0 saturated heterocycles. The van der Waals surface area contributed by atoms with Crippen molar-refractivity contribution in [1.82, 2.24) is 10.2 Å². The summed E-state index contributed by atoms with van der Waals surface area (Å²) >= 11 is 19.3. The Hall–Kier alpha value is -3.38. The third kappa shape index (κ3) is 7.94. The van der Waals surface area contributed by atoms with Crippen molar-refractivity contribution in [3.8, 4) is 17.2 Å². The number of carbonyl (C=O) groups is 2. The standard InChI is InChI=1S/C32H36Cl3N3O7S/c1-20(32(40)36-22-8-5-6-9-22)37(18-24-25(34)10-7-11-26(24)35)31(39)19-38(27-16-21(33)12-14-28(27)43-2)46(41,42)23-13-15-29(44-3)30(17-23)45-4/h7,10-17,20,22H,5-6,8-9,18-19H2,1-4H3,(H,36,40). The Labute approximate surface area is 284 Å². The number of ether oxygens (including phenoxy) is 3. The molecule has 0 spiro atoms. The van der Waals surface area contributed by atoms with Gasteiger partial charge >= 0.3 is 0 Å². The molecule has 0 bridgehead atoms. The van der Waals surface area contributed by atoms with Crippen LogP contribution in [0.4, 0.5) is 5.69 Å². The maximum atomic E-state index is 14.4. The zero-order valence-corrected chi connectivity index (χ0v) is 29.0. The molecule has 1 N–H and O–H groups in total. The highest BCUT2D eigenvalue weighted by Crippen LogP contribution is 2.37. The van der Waals surface area contributed by atoms with Gasteiger partial charge in [0.1, 0.15) is 18.3 Å². The zero-order valence-electron chi connectivity index (χ0n) is 25.9. The molecule has 248 valence electrons. The van der Waals surface area contributed by atoms with E-state index in [0.29, 0.717) is 21.4 Å². The van der Waals surface area contributed by atoms with Gasteiger partial charge < -0.3 is 24.4 Å². The molecule has 1 unspecified atom stereocenters. The van der Waals surface area contributed by atoms with Crippen molar-refractivity contribution >= 4 is 62.3 Å². The Kier molecular flexibility index (Phi) is 11.9. The SMILES string of the molecule is COc1ccc(S(=O)(=O)N(CC(=O)N(Cc2c(Cl)cccc2Cl)C(C)C(=O)NC2CCCC2)c2cc(Cl)ccc2OC)cc1OC. The number of amides is 2. The summed E-state index contributed by atoms with van der Waals surface area (Å²) in [4.78, 5) is 28.9. The Morgan fingerprint density at radius 2 is 1.50 bits per heavy atom. The number of methoxy groups -OCH3 is 3. The monoisotopic (exact) mass is 711 g/mol. The second-order valence-electron chi connectivity index (χ2n) is 10.7. The molecule has 46 heavy (non-hydrogen) atoms. The van der Waals surface area contributed by atoms with Crippen LogP contribution in [0.5, 0.6) is 17.2 Å². The predicted octanol–water partition coefficient (Wildman–Crippen LogP) is 6.34. The van der Waals surface area contributed by atoms with Crippen LogP contribution in [0, 0.1) is 0 Å². The van der Waals surface area contributed by atoms with Crippen molar-refractivity contribution in [2.24, 2.45) is 0 Å². The van der Waals surface area contributed by atoms with E-state index in [1.165, 1.54) is 62.6 Å². The minimum absolute atomic E-state index is 0.00606. The quantitative estimate of drug-likeness (QED) is 0.220. The van der Waals surface area contributed by atoms with Gasteiger partial charge in [0.05, 0.1) is 31.9 Å². The van der Waals surface area contributed by atoms with Crippen molar-refractivity contribution in [2.75, 3.05) is 32.2 Å². The first-order valence-corrected chi connectivity index (χ1v) is 17.1. The van der Waals surface area contributed by atoms with E-state index in [1.54, 1.807) is 25.1 Å². The first kappa shape index (κ1) is 35.5. The summed E-state index contributed by atoms with van der Waals surface area (Å²) in [6, 6.07) is 12.4. The molecule has 0 aliphatic heterocycles. The molecule has 0 radical (unpaired) electrons. The largest absolute Gasteiger partial charge is 0.495 e. The van der Waals surface area contributed by atoms with Gasteiger partial charge in [-0.15, -0.1) is 0 Å². The van der Waals surface area contributed by atoms with Crippen molar-refractivity contribution in [3.63, 3.8) is 0 Å². The van der Waals surface area contributed by atoms with Gasteiger partial charge in [-0.05, 0) is 62.2 Å². The average molecular weight is 713 g/mol. The van der Waals surface area contributed by atoms with E-state index in [0.717, 1.165) is 30.0 Å². The number of rotatable bonds is 13. The van der Waals surface area contributed by atoms with Crippen molar-refractivity contribution < 1.29 is 32.2 Å². The normalized spacial score (nSPS) is 14.0. The smallest absolute Gasteiger partial charge is 0.265 e. The molecule has 1 saturated carbocycles. The Morgan fingerprint density at radius 1 is 0.891 bits per heavy atom. The average Bonchev–Trinajstić information content (AvgIpc) is 3.55. The molecule has 3 aromatic rings. The van der Waals surface area contributed by atoms with Crippen LogP contribution >= 0.6 is 34.8 Å². The van der Waals surface area contributed by atoms with Gasteiger partial charge in [-0.25, -0.2) is 8.42 Å². The van der Waals surface area contributed by atoms with Gasteiger partial charge in [0.2, 0.25) is 11.8 Å². The molecular formula is C32H36Cl3N3O7S. The van der Waals surface area contributed by atoms with Crippen molar-refractivity contribution in [1.29, 1.82) is 0 Å². The summed E-state index contributed by atoms with van der Waals surface area (Å²) in [5.41, 5.74) is 0.422. The lowest BCUT2D eigenvalue weighted by Gasteiger charge is -2.33. The van der Waals surface area contributed by atoms with E-state index in [9.17, 15) is 18.0 Å². The fraction of sp³-hybridized carbons (Fsp3) is 0.375. The molecule has 1 atom stereocenters. The highest BCUT2D eigenvalue weighted by Gasteiger charge is 2.35. The van der Waals surface area contributed by atoms with E-state index in [4.69, 9.17) is 49.0 Å². The van der Waals surface area contributed by atoms with Crippen LogP contribution in [0.15, 0.2) is 59.5 Å². The molecular weight excluding hydrogens is 677 g/mol. The van der Waals surface area contributed by atoms with Crippen LogP contribution in [0.3, 0.4) is 0 Å². The summed E-state index contributed by atoms with van der Waals surface area (Å²) in [7, 11) is -0.304. The second-order valence-corrected chi connectivity index (χ2v) is 13.8. The number of nitrogens with one attached hydrogen (secondary N) is 1. The molecule has 14 heteroatoms. The summed E-state index contributed by atoms with van der Waals surface area (Å²) < 4.78 is 45.8. The van der Waals surface area contributed by atoms with E-state index < -0.39 is 28.5 Å². The van der Waals surface area contributed by atoms with Gasteiger partial charge in [-0.2, -0.15) is 0 Å². The van der Waals surface area contributed by atoms with Crippen LogP contribution in [-0.2, 0) is 26.2 Å². The molecule has 4 rings (SSSR count). The first-order chi connectivity index (χ1) is 21.9. The summed E-state index contributed by atoms with van der Waals surface area (Å²) in [5.74, 6) is -0.447. The number of carbonyl (C=O) groups excluding carboxylic acids is 2. The summed E-state index contributed by atoms with van der Waals surface area (Å²) in [6.45, 7) is 0.699. The van der Waals surface area contributed by atoms with E-state index in [2.05, 4.69) is 5.32 Å². The lowest BCUT2D eigenvalue weighted by atomic mass is 10.1. The molecule has 10 nitrogen and oxygen atoms in total. The van der Waals surface area contributed by atoms with Crippen LogP contribution in [0.1, 0.15) is 38.2 Å². The molecule has 0 heterocycles. The Morgan fingerprint density at radius 3 is 2.11 bits per heavy atom. The molecule has 0 aromatic heterocycles. The molecule has 1 aliphatic rings. The molecule has 1 fully saturated rings. The topological polar surface area (TPSA) is 114 Å². The third-order valence-electron chi connectivity index (χ3n) is 7.89. The van der Waals surface area contributed by atoms with E-state index in [1.807, 2.05) is 0 Å². The fourth-order valence-corrected chi connectivity index (χ4v) is 7.42. The second kappa shape index (κ2) is 15.5. The number of halogens is 3. The number of benzene rings is 3. The van der Waals surface area contributed by atoms with Crippen LogP contribution < -0.4 is 23.8 Å². The Bertz CT molecular complexity index is 1660. The number of sulfonamides is 1. The van der Waals surface area contributed by atoms with Crippen molar-refractivity contribution in [2.45, 2.75) is 56.1 Å². The minimum atomic E-state index is -4.48. The summed E-state index contributed by atoms with van der Waals surface area (Å²) in [6.07, 6.45) is 3.69. The highest BCUT2D eigenvalue weighted by atomic mass is 35.5. The number of nitrogens with zero attached hydrogens (tertiary/aromatic N) is 2. The van der Waals surface area contributed by atoms with E-state index >= 15 is 0 Å². The van der Waals surface area contributed by atoms with E-state index in [-0.39, 0.29) is 45.6 Å². The van der Waals surface area contributed by atoms with Gasteiger partial charge in [-0.1, -0.05) is 53.7 Å². The van der Waals surface area contributed by atoms with Gasteiger partial charge in [-0.3, -0.25) is 13.9 Å². The van der Waals surface area contributed by atoms with Crippen LogP contribution in [0.2, 0.25) is 15.1 Å². The molecule has 3 aromatic carbocycles. The summed E-state index contributed by atoms with van der Waals surface area (Å²) in [5, 5.41) is 3.82. The van der Waals surface area contributed by atoms with Gasteiger partial charge in [0.25, 0.3) is 10.0 Å². The highest BCUT2D eigenvalue weighted by molar-refractivity contribution is 7.92. The van der Waals surface area contributed by atoms with Gasteiger partial charge in [0, 0.05) is 39.3 Å². The number of hydrogen-bond donors (Lipinski definition) is 1. The minimum Gasteiger partial charge on any atom is -0.495 e. The maximum Gasteiger partial charge on any atom is 0.265 e. The maximum absolute atomic E-state index is 14.4.